The Morgan fingerprint density at radius 3 is 2.43 bits per heavy atom. The van der Waals surface area contributed by atoms with E-state index in [9.17, 15) is 8.42 Å². The molecule has 1 atom stereocenters. The quantitative estimate of drug-likeness (QED) is 0.673. The Balaban J connectivity index is 4.01. The van der Waals surface area contributed by atoms with Crippen molar-refractivity contribution in [1.82, 2.24) is 4.31 Å². The number of rotatable bonds is 7. The molecule has 0 heterocycles. The van der Waals surface area contributed by atoms with Gasteiger partial charge in [-0.2, -0.15) is 0 Å². The summed E-state index contributed by atoms with van der Waals surface area (Å²) >= 11 is 3.40. The highest BCUT2D eigenvalue weighted by molar-refractivity contribution is 9.09. The van der Waals surface area contributed by atoms with Crippen LogP contribution in [0.15, 0.2) is 0 Å². The summed E-state index contributed by atoms with van der Waals surface area (Å²) < 4.78 is 24.7. The van der Waals surface area contributed by atoms with Gasteiger partial charge >= 0.3 is 0 Å². The first kappa shape index (κ1) is 14.4. The molecule has 0 rings (SSSR count). The largest absolute Gasteiger partial charge is 0.213 e. The van der Waals surface area contributed by atoms with E-state index in [2.05, 4.69) is 15.9 Å². The van der Waals surface area contributed by atoms with Crippen LogP contribution in [0.25, 0.3) is 0 Å². The summed E-state index contributed by atoms with van der Waals surface area (Å²) in [5.41, 5.74) is 0. The molecule has 3 nitrogen and oxygen atoms in total. The van der Waals surface area contributed by atoms with E-state index in [-0.39, 0.29) is 5.75 Å². The molecule has 1 unspecified atom stereocenters. The minimum Gasteiger partial charge on any atom is -0.212 e. The maximum Gasteiger partial charge on any atom is 0.213 e. The lowest BCUT2D eigenvalue weighted by atomic mass is 10.3. The average Bonchev–Trinajstić information content (AvgIpc) is 2.10. The molecule has 0 radical (unpaired) electrons. The fraction of sp³-hybridized carbons (Fsp3) is 1.00. The van der Waals surface area contributed by atoms with Crippen molar-refractivity contribution >= 4 is 26.0 Å². The Hall–Kier alpha value is 0.390. The Labute approximate surface area is 96.0 Å². The Bertz CT molecular complexity index is 239. The summed E-state index contributed by atoms with van der Waals surface area (Å²) in [5, 5.41) is 0. The van der Waals surface area contributed by atoms with Crippen molar-refractivity contribution in [3.8, 4) is 0 Å². The average molecular weight is 286 g/mol. The molecule has 0 aliphatic carbocycles. The topological polar surface area (TPSA) is 37.4 Å². The van der Waals surface area contributed by atoms with Crippen LogP contribution in [0.4, 0.5) is 0 Å². The van der Waals surface area contributed by atoms with Crippen molar-refractivity contribution in [3.63, 3.8) is 0 Å². The molecule has 0 aromatic rings. The number of nitrogens with zero attached hydrogens (tertiary/aromatic N) is 1. The number of unbranched alkanes of at least 4 members (excludes halogenated alkanes) is 1. The Kier molecular flexibility index (Phi) is 6.99. The van der Waals surface area contributed by atoms with Crippen LogP contribution in [-0.4, -0.2) is 36.9 Å². The predicted octanol–water partition coefficient (Wildman–Crippen LogP) is 2.22. The molecule has 5 heteroatoms. The minimum atomic E-state index is -3.01. The van der Waals surface area contributed by atoms with Crippen LogP contribution >= 0.6 is 15.9 Å². The second-order valence-corrected chi connectivity index (χ2v) is 7.32. The molecule has 0 saturated heterocycles. The van der Waals surface area contributed by atoms with Gasteiger partial charge in [-0.3, -0.25) is 0 Å². The van der Waals surface area contributed by atoms with Crippen molar-refractivity contribution < 1.29 is 8.42 Å². The molecule has 0 aliphatic heterocycles. The van der Waals surface area contributed by atoms with Crippen LogP contribution in [0.1, 0.15) is 33.1 Å². The highest BCUT2D eigenvalue weighted by Crippen LogP contribution is 2.08. The van der Waals surface area contributed by atoms with Gasteiger partial charge in [0.25, 0.3) is 0 Å². The monoisotopic (exact) mass is 285 g/mol. The van der Waals surface area contributed by atoms with E-state index in [1.54, 1.807) is 7.05 Å². The second-order valence-electron chi connectivity index (χ2n) is 3.56. The van der Waals surface area contributed by atoms with Gasteiger partial charge in [0.05, 0.1) is 5.75 Å². The summed E-state index contributed by atoms with van der Waals surface area (Å²) in [6, 6.07) is 0. The van der Waals surface area contributed by atoms with Gasteiger partial charge in [0, 0.05) is 18.4 Å². The van der Waals surface area contributed by atoms with Gasteiger partial charge in [-0.1, -0.05) is 36.2 Å². The minimum absolute atomic E-state index is 0.274. The first-order valence-corrected chi connectivity index (χ1v) is 7.50. The number of hydrogen-bond acceptors (Lipinski definition) is 2. The van der Waals surface area contributed by atoms with Crippen LogP contribution in [-0.2, 0) is 10.0 Å². The lowest BCUT2D eigenvalue weighted by Crippen LogP contribution is -2.31. The van der Waals surface area contributed by atoms with Gasteiger partial charge in [0.2, 0.25) is 10.0 Å². The summed E-state index contributed by atoms with van der Waals surface area (Å²) in [6.07, 6.45) is 2.51. The molecule has 0 aliphatic rings. The first-order chi connectivity index (χ1) is 6.40. The molecule has 14 heavy (non-hydrogen) atoms. The molecule has 0 aromatic carbocycles. The van der Waals surface area contributed by atoms with E-state index in [1.165, 1.54) is 4.31 Å². The maximum absolute atomic E-state index is 11.6. The third-order valence-corrected chi connectivity index (χ3v) is 4.47. The molecule has 0 N–H and O–H groups in total. The summed E-state index contributed by atoms with van der Waals surface area (Å²) in [5.74, 6) is 0.274. The van der Waals surface area contributed by atoms with E-state index in [0.29, 0.717) is 11.4 Å². The Morgan fingerprint density at radius 1 is 1.43 bits per heavy atom. The van der Waals surface area contributed by atoms with Crippen molar-refractivity contribution in [1.29, 1.82) is 0 Å². The van der Waals surface area contributed by atoms with Crippen LogP contribution in [0.2, 0.25) is 0 Å². The summed E-state index contributed by atoms with van der Waals surface area (Å²) in [4.78, 5) is 0.367. The summed E-state index contributed by atoms with van der Waals surface area (Å²) in [7, 11) is -1.35. The van der Waals surface area contributed by atoms with Crippen molar-refractivity contribution in [2.24, 2.45) is 0 Å². The SMILES string of the molecule is CCCCS(=O)(=O)N(C)CCC(C)Br. The molecule has 86 valence electrons. The molecule has 0 fully saturated rings. The summed E-state index contributed by atoms with van der Waals surface area (Å²) in [6.45, 7) is 4.61. The van der Waals surface area contributed by atoms with Gasteiger partial charge in [-0.05, 0) is 12.8 Å². The smallest absolute Gasteiger partial charge is 0.212 e. The van der Waals surface area contributed by atoms with Gasteiger partial charge in [-0.15, -0.1) is 0 Å². The van der Waals surface area contributed by atoms with Gasteiger partial charge in [0.15, 0.2) is 0 Å². The van der Waals surface area contributed by atoms with E-state index in [1.807, 2.05) is 13.8 Å². The maximum atomic E-state index is 11.6. The molecular formula is C9H20BrNO2S. The number of hydrogen-bond donors (Lipinski definition) is 0. The fourth-order valence-corrected chi connectivity index (χ4v) is 2.53. The highest BCUT2D eigenvalue weighted by Gasteiger charge is 2.16. The molecular weight excluding hydrogens is 266 g/mol. The molecule has 0 amide bonds. The van der Waals surface area contributed by atoms with Crippen molar-refractivity contribution in [2.45, 2.75) is 37.9 Å². The zero-order valence-electron chi connectivity index (χ0n) is 9.16. The van der Waals surface area contributed by atoms with E-state index in [4.69, 9.17) is 0 Å². The highest BCUT2D eigenvalue weighted by atomic mass is 79.9. The third kappa shape index (κ3) is 5.98. The van der Waals surface area contributed by atoms with E-state index >= 15 is 0 Å². The number of sulfonamides is 1. The van der Waals surface area contributed by atoms with Crippen LogP contribution in [0, 0.1) is 0 Å². The van der Waals surface area contributed by atoms with Gasteiger partial charge in [-0.25, -0.2) is 12.7 Å². The lowest BCUT2D eigenvalue weighted by molar-refractivity contribution is 0.460. The van der Waals surface area contributed by atoms with E-state index in [0.717, 1.165) is 19.3 Å². The standard InChI is InChI=1S/C9H20BrNO2S/c1-4-5-8-14(12,13)11(3)7-6-9(2)10/h9H,4-8H2,1-3H3. The third-order valence-electron chi connectivity index (χ3n) is 2.07. The molecule has 0 saturated carbocycles. The predicted molar refractivity (Wildman–Crippen MR) is 64.3 cm³/mol. The first-order valence-electron chi connectivity index (χ1n) is 4.98. The van der Waals surface area contributed by atoms with E-state index < -0.39 is 10.0 Å². The van der Waals surface area contributed by atoms with Gasteiger partial charge in [0.1, 0.15) is 0 Å². The second kappa shape index (κ2) is 6.80. The zero-order chi connectivity index (χ0) is 11.2. The lowest BCUT2D eigenvalue weighted by Gasteiger charge is -2.17. The number of halogens is 1. The Morgan fingerprint density at radius 2 is 2.00 bits per heavy atom. The fourth-order valence-electron chi connectivity index (χ4n) is 0.981. The molecule has 0 bridgehead atoms. The molecule has 0 aromatic heterocycles. The normalized spacial score (nSPS) is 14.6. The van der Waals surface area contributed by atoms with Gasteiger partial charge < -0.3 is 0 Å². The van der Waals surface area contributed by atoms with Crippen LogP contribution in [0.5, 0.6) is 0 Å². The number of alkyl halides is 1. The van der Waals surface area contributed by atoms with Crippen molar-refractivity contribution in [2.75, 3.05) is 19.3 Å². The zero-order valence-corrected chi connectivity index (χ0v) is 11.6. The van der Waals surface area contributed by atoms with Crippen LogP contribution < -0.4 is 0 Å². The van der Waals surface area contributed by atoms with Crippen LogP contribution in [0.3, 0.4) is 0 Å². The van der Waals surface area contributed by atoms with Crippen molar-refractivity contribution in [3.05, 3.63) is 0 Å². The molecule has 0 spiro atoms.